The molecular formula is C17H28N2O. The maximum atomic E-state index is 5.57. The van der Waals surface area contributed by atoms with Crippen molar-refractivity contribution in [3.05, 3.63) is 29.8 Å². The average molecular weight is 276 g/mol. The van der Waals surface area contributed by atoms with Crippen LogP contribution in [0, 0.1) is 5.92 Å². The lowest BCUT2D eigenvalue weighted by molar-refractivity contribution is 0.0930. The second-order valence-corrected chi connectivity index (χ2v) is 6.02. The Hall–Kier alpha value is -1.06. The molecule has 1 aromatic rings. The van der Waals surface area contributed by atoms with Crippen LogP contribution in [-0.2, 0) is 11.3 Å². The van der Waals surface area contributed by atoms with Crippen LogP contribution >= 0.6 is 0 Å². The van der Waals surface area contributed by atoms with Gasteiger partial charge in [-0.1, -0.05) is 32.9 Å². The number of hydrogen-bond acceptors (Lipinski definition) is 3. The van der Waals surface area contributed by atoms with Crippen LogP contribution in [0.3, 0.4) is 0 Å². The molecule has 2 rings (SSSR count). The topological polar surface area (TPSA) is 24.5 Å². The Morgan fingerprint density at radius 3 is 2.70 bits per heavy atom. The second kappa shape index (κ2) is 7.65. The lowest BCUT2D eigenvalue weighted by atomic mass is 10.1. The highest BCUT2D eigenvalue weighted by molar-refractivity contribution is 5.49. The molecule has 0 aromatic heterocycles. The zero-order chi connectivity index (χ0) is 14.4. The van der Waals surface area contributed by atoms with Crippen LogP contribution in [0.4, 0.5) is 5.69 Å². The predicted octanol–water partition coefficient (Wildman–Crippen LogP) is 3.05. The van der Waals surface area contributed by atoms with Gasteiger partial charge in [-0.05, 0) is 36.6 Å². The van der Waals surface area contributed by atoms with Gasteiger partial charge in [0.05, 0.1) is 19.3 Å². The maximum Gasteiger partial charge on any atom is 0.0670 e. The van der Waals surface area contributed by atoms with Crippen LogP contribution in [-0.4, -0.2) is 32.3 Å². The molecule has 0 spiro atoms. The van der Waals surface area contributed by atoms with E-state index in [1.165, 1.54) is 11.3 Å². The molecule has 1 saturated heterocycles. The number of anilines is 1. The normalized spacial score (nSPS) is 19.6. The van der Waals surface area contributed by atoms with E-state index < -0.39 is 0 Å². The summed E-state index contributed by atoms with van der Waals surface area (Å²) >= 11 is 0. The molecule has 1 fully saturated rings. The summed E-state index contributed by atoms with van der Waals surface area (Å²) in [5.41, 5.74) is 2.68. The van der Waals surface area contributed by atoms with Crippen molar-refractivity contribution in [3.63, 3.8) is 0 Å². The molecule has 0 amide bonds. The predicted molar refractivity (Wildman–Crippen MR) is 85.2 cm³/mol. The molecule has 3 heteroatoms. The van der Waals surface area contributed by atoms with E-state index in [0.717, 1.165) is 39.3 Å². The summed E-state index contributed by atoms with van der Waals surface area (Å²) in [6.07, 6.45) is 1.14. The molecule has 1 aromatic carbocycles. The van der Waals surface area contributed by atoms with Crippen LogP contribution in [0.15, 0.2) is 24.3 Å². The number of nitrogens with zero attached hydrogens (tertiary/aromatic N) is 1. The molecule has 1 heterocycles. The Morgan fingerprint density at radius 1 is 1.30 bits per heavy atom. The third kappa shape index (κ3) is 4.22. The number of hydrogen-bond donors (Lipinski definition) is 1. The zero-order valence-electron chi connectivity index (χ0n) is 13.1. The Bertz CT molecular complexity index is 388. The highest BCUT2D eigenvalue weighted by Crippen LogP contribution is 2.21. The van der Waals surface area contributed by atoms with Crippen molar-refractivity contribution in [2.45, 2.75) is 39.8 Å². The minimum absolute atomic E-state index is 0.522. The van der Waals surface area contributed by atoms with Gasteiger partial charge in [0.2, 0.25) is 0 Å². The smallest absolute Gasteiger partial charge is 0.0670 e. The minimum Gasteiger partial charge on any atom is -0.377 e. The van der Waals surface area contributed by atoms with Crippen LogP contribution in [0.25, 0.3) is 0 Å². The lowest BCUT2D eigenvalue weighted by Gasteiger charge is -2.37. The van der Waals surface area contributed by atoms with Gasteiger partial charge in [-0.25, -0.2) is 0 Å². The number of benzene rings is 1. The number of ether oxygens (including phenoxy) is 1. The maximum absolute atomic E-state index is 5.57. The molecule has 1 aliphatic rings. The molecule has 1 atom stereocenters. The van der Waals surface area contributed by atoms with E-state index in [1.807, 2.05) is 0 Å². The molecule has 3 nitrogen and oxygen atoms in total. The molecule has 1 aliphatic heterocycles. The van der Waals surface area contributed by atoms with Gasteiger partial charge in [-0.15, -0.1) is 0 Å². The molecule has 1 unspecified atom stereocenters. The first-order valence-electron chi connectivity index (χ1n) is 7.84. The van der Waals surface area contributed by atoms with Crippen molar-refractivity contribution in [2.75, 3.05) is 31.2 Å². The fourth-order valence-electron chi connectivity index (χ4n) is 2.64. The van der Waals surface area contributed by atoms with Gasteiger partial charge in [-0.2, -0.15) is 0 Å². The van der Waals surface area contributed by atoms with Gasteiger partial charge in [0.25, 0.3) is 0 Å². The Morgan fingerprint density at radius 2 is 2.05 bits per heavy atom. The van der Waals surface area contributed by atoms with Crippen LogP contribution in [0.2, 0.25) is 0 Å². The van der Waals surface area contributed by atoms with Crippen molar-refractivity contribution in [2.24, 2.45) is 5.92 Å². The third-order valence-electron chi connectivity index (χ3n) is 3.85. The molecule has 0 saturated carbocycles. The van der Waals surface area contributed by atoms with Crippen molar-refractivity contribution >= 4 is 5.69 Å². The lowest BCUT2D eigenvalue weighted by Crippen LogP contribution is -2.45. The van der Waals surface area contributed by atoms with Crippen LogP contribution in [0.1, 0.15) is 32.8 Å². The molecule has 0 radical (unpaired) electrons. The van der Waals surface area contributed by atoms with E-state index in [-0.39, 0.29) is 0 Å². The summed E-state index contributed by atoms with van der Waals surface area (Å²) < 4.78 is 5.57. The van der Waals surface area contributed by atoms with Crippen molar-refractivity contribution in [3.8, 4) is 0 Å². The van der Waals surface area contributed by atoms with Gasteiger partial charge in [-0.3, -0.25) is 0 Å². The van der Waals surface area contributed by atoms with E-state index >= 15 is 0 Å². The van der Waals surface area contributed by atoms with Crippen molar-refractivity contribution in [1.29, 1.82) is 0 Å². The molecule has 20 heavy (non-hydrogen) atoms. The highest BCUT2D eigenvalue weighted by atomic mass is 16.5. The largest absolute Gasteiger partial charge is 0.377 e. The number of morpholine rings is 1. The molecular weight excluding hydrogens is 248 g/mol. The van der Waals surface area contributed by atoms with Crippen molar-refractivity contribution in [1.82, 2.24) is 5.32 Å². The van der Waals surface area contributed by atoms with Gasteiger partial charge in [0, 0.05) is 18.8 Å². The first kappa shape index (κ1) is 15.3. The SMILES string of the molecule is CCC1COCCN1c1ccc(CNCC(C)C)cc1. The second-order valence-electron chi connectivity index (χ2n) is 6.02. The third-order valence-corrected chi connectivity index (χ3v) is 3.85. The zero-order valence-corrected chi connectivity index (χ0v) is 13.1. The first-order valence-corrected chi connectivity index (χ1v) is 7.84. The van der Waals surface area contributed by atoms with E-state index in [9.17, 15) is 0 Å². The highest BCUT2D eigenvalue weighted by Gasteiger charge is 2.21. The summed E-state index contributed by atoms with van der Waals surface area (Å²) in [6, 6.07) is 9.50. The summed E-state index contributed by atoms with van der Waals surface area (Å²) in [6.45, 7) is 11.4. The monoisotopic (exact) mass is 276 g/mol. The van der Waals surface area contributed by atoms with E-state index in [0.29, 0.717) is 12.0 Å². The van der Waals surface area contributed by atoms with Crippen LogP contribution < -0.4 is 10.2 Å². The van der Waals surface area contributed by atoms with E-state index in [1.54, 1.807) is 0 Å². The van der Waals surface area contributed by atoms with Crippen molar-refractivity contribution < 1.29 is 4.74 Å². The summed E-state index contributed by atoms with van der Waals surface area (Å²) in [4.78, 5) is 2.48. The fraction of sp³-hybridized carbons (Fsp3) is 0.647. The molecule has 0 bridgehead atoms. The summed E-state index contributed by atoms with van der Waals surface area (Å²) in [7, 11) is 0. The van der Waals surface area contributed by atoms with Gasteiger partial charge >= 0.3 is 0 Å². The Balaban J connectivity index is 1.93. The number of rotatable bonds is 6. The molecule has 1 N–H and O–H groups in total. The van der Waals surface area contributed by atoms with Gasteiger partial charge in [0.15, 0.2) is 0 Å². The number of nitrogens with one attached hydrogen (secondary N) is 1. The standard InChI is InChI=1S/C17H28N2O/c1-4-16-13-20-10-9-19(16)17-7-5-15(6-8-17)12-18-11-14(2)3/h5-8,14,16,18H,4,9-13H2,1-3H3. The van der Waals surface area contributed by atoms with E-state index in [2.05, 4.69) is 55.3 Å². The summed E-state index contributed by atoms with van der Waals surface area (Å²) in [5, 5.41) is 3.49. The quantitative estimate of drug-likeness (QED) is 0.864. The molecule has 0 aliphatic carbocycles. The molecule has 112 valence electrons. The Labute approximate surface area is 123 Å². The van der Waals surface area contributed by atoms with Crippen LogP contribution in [0.5, 0.6) is 0 Å². The van der Waals surface area contributed by atoms with Gasteiger partial charge < -0.3 is 15.0 Å². The Kier molecular flexibility index (Phi) is 5.86. The van der Waals surface area contributed by atoms with E-state index in [4.69, 9.17) is 4.74 Å². The minimum atomic E-state index is 0.522. The van der Waals surface area contributed by atoms with Gasteiger partial charge in [0.1, 0.15) is 0 Å². The first-order chi connectivity index (χ1) is 9.70. The fourth-order valence-corrected chi connectivity index (χ4v) is 2.64. The average Bonchev–Trinajstić information content (AvgIpc) is 2.47. The summed E-state index contributed by atoms with van der Waals surface area (Å²) in [5.74, 6) is 0.702.